The number of nitrogens with zero attached hydrogens (tertiary/aromatic N) is 1. The molecule has 0 radical (unpaired) electrons. The molecule has 0 spiro atoms. The first-order valence-electron chi connectivity index (χ1n) is 3.57. The van der Waals surface area contributed by atoms with E-state index in [1.807, 2.05) is 0 Å². The summed E-state index contributed by atoms with van der Waals surface area (Å²) in [5, 5.41) is 10.0. The Labute approximate surface area is 81.1 Å². The van der Waals surface area contributed by atoms with E-state index in [4.69, 9.17) is 28.3 Å². The first kappa shape index (κ1) is 9.78. The Morgan fingerprint density at radius 1 is 1.58 bits per heavy atom. The fraction of sp³-hybridized carbons (Fsp3) is 0.375. The summed E-state index contributed by atoms with van der Waals surface area (Å²) in [5.74, 6) is 0. The van der Waals surface area contributed by atoms with Gasteiger partial charge in [0.25, 0.3) is 0 Å². The second-order valence-corrected chi connectivity index (χ2v) is 3.45. The minimum atomic E-state index is -0.412. The number of hydrogen-bond acceptors (Lipinski definition) is 2. The van der Waals surface area contributed by atoms with Gasteiger partial charge in [-0.3, -0.25) is 0 Å². The van der Waals surface area contributed by atoms with Gasteiger partial charge in [0.15, 0.2) is 0 Å². The molecule has 0 amide bonds. The Morgan fingerprint density at radius 3 is 2.75 bits per heavy atom. The van der Waals surface area contributed by atoms with Gasteiger partial charge in [-0.05, 0) is 18.6 Å². The molecule has 1 atom stereocenters. The largest absolute Gasteiger partial charge is 0.393 e. The maximum absolute atomic E-state index is 9.08. The summed E-state index contributed by atoms with van der Waals surface area (Å²) < 4.78 is 0. The van der Waals surface area contributed by atoms with Gasteiger partial charge in [-0.2, -0.15) is 0 Å². The van der Waals surface area contributed by atoms with Crippen LogP contribution in [0.1, 0.15) is 12.5 Å². The van der Waals surface area contributed by atoms with Gasteiger partial charge in [-0.15, -0.1) is 0 Å². The molecule has 0 saturated carbocycles. The summed E-state index contributed by atoms with van der Waals surface area (Å²) in [6, 6.07) is 1.57. The van der Waals surface area contributed by atoms with Crippen LogP contribution in [0, 0.1) is 0 Å². The van der Waals surface area contributed by atoms with E-state index in [2.05, 4.69) is 4.98 Å². The Kier molecular flexibility index (Phi) is 3.32. The number of rotatable bonds is 2. The molecule has 1 aromatic heterocycles. The van der Waals surface area contributed by atoms with Gasteiger partial charge in [0.05, 0.1) is 6.10 Å². The van der Waals surface area contributed by atoms with Crippen molar-refractivity contribution in [3.63, 3.8) is 0 Å². The van der Waals surface area contributed by atoms with E-state index in [9.17, 15) is 0 Å². The van der Waals surface area contributed by atoms with Crippen LogP contribution in [-0.2, 0) is 6.42 Å². The first-order valence-corrected chi connectivity index (χ1v) is 4.33. The molecule has 1 heterocycles. The Morgan fingerprint density at radius 2 is 2.25 bits per heavy atom. The highest BCUT2D eigenvalue weighted by Gasteiger charge is 2.04. The quantitative estimate of drug-likeness (QED) is 0.753. The summed E-state index contributed by atoms with van der Waals surface area (Å²) in [5.41, 5.74) is 0.816. The predicted octanol–water partition coefficient (Wildman–Crippen LogP) is 2.31. The molecule has 4 heteroatoms. The monoisotopic (exact) mass is 205 g/mol. The average molecular weight is 206 g/mol. The number of aromatic nitrogens is 1. The lowest BCUT2D eigenvalue weighted by Gasteiger charge is -2.05. The lowest BCUT2D eigenvalue weighted by atomic mass is 10.1. The average Bonchev–Trinajstić information content (AvgIpc) is 1.94. The van der Waals surface area contributed by atoms with E-state index >= 15 is 0 Å². The number of aliphatic hydroxyl groups is 1. The van der Waals surface area contributed by atoms with Gasteiger partial charge in [-0.25, -0.2) is 4.98 Å². The fourth-order valence-electron chi connectivity index (χ4n) is 0.904. The molecule has 0 aliphatic carbocycles. The fourth-order valence-corrected chi connectivity index (χ4v) is 1.35. The van der Waals surface area contributed by atoms with E-state index in [1.54, 1.807) is 19.2 Å². The summed E-state index contributed by atoms with van der Waals surface area (Å²) in [4.78, 5) is 3.86. The number of pyridine rings is 1. The second-order valence-electron chi connectivity index (χ2n) is 2.65. The molecule has 2 nitrogen and oxygen atoms in total. The molecule has 0 bridgehead atoms. The molecular formula is C8H9Cl2NO. The lowest BCUT2D eigenvalue weighted by molar-refractivity contribution is 0.195. The Balaban J connectivity index is 2.86. The Hall–Kier alpha value is -0.310. The van der Waals surface area contributed by atoms with E-state index in [0.717, 1.165) is 5.56 Å². The van der Waals surface area contributed by atoms with Crippen molar-refractivity contribution in [1.29, 1.82) is 0 Å². The molecule has 0 aliphatic rings. The van der Waals surface area contributed by atoms with Gasteiger partial charge in [0.2, 0.25) is 0 Å². The van der Waals surface area contributed by atoms with Crippen LogP contribution in [0.2, 0.25) is 10.2 Å². The van der Waals surface area contributed by atoms with Crippen molar-refractivity contribution in [2.24, 2.45) is 0 Å². The summed E-state index contributed by atoms with van der Waals surface area (Å²) in [6.07, 6.45) is 1.67. The van der Waals surface area contributed by atoms with E-state index < -0.39 is 6.10 Å². The first-order chi connectivity index (χ1) is 5.59. The zero-order valence-electron chi connectivity index (χ0n) is 6.59. The molecule has 0 unspecified atom stereocenters. The zero-order valence-corrected chi connectivity index (χ0v) is 8.10. The number of halogens is 2. The van der Waals surface area contributed by atoms with Crippen molar-refractivity contribution in [1.82, 2.24) is 4.98 Å². The van der Waals surface area contributed by atoms with Gasteiger partial charge in [-0.1, -0.05) is 23.2 Å². The topological polar surface area (TPSA) is 33.1 Å². The predicted molar refractivity (Wildman–Crippen MR) is 49.6 cm³/mol. The highest BCUT2D eigenvalue weighted by molar-refractivity contribution is 6.34. The Bertz CT molecular complexity index is 276. The van der Waals surface area contributed by atoms with Crippen LogP contribution in [-0.4, -0.2) is 16.2 Å². The minimum Gasteiger partial charge on any atom is -0.393 e. The maximum atomic E-state index is 9.08. The van der Waals surface area contributed by atoms with Crippen LogP contribution >= 0.6 is 23.2 Å². The van der Waals surface area contributed by atoms with Gasteiger partial charge in [0.1, 0.15) is 5.15 Å². The third-order valence-electron chi connectivity index (χ3n) is 1.41. The SMILES string of the molecule is C[C@H](O)Cc1cnc(Cl)cc1Cl. The molecule has 0 saturated heterocycles. The third kappa shape index (κ3) is 2.63. The molecule has 0 aliphatic heterocycles. The van der Waals surface area contributed by atoms with Crippen molar-refractivity contribution < 1.29 is 5.11 Å². The van der Waals surface area contributed by atoms with E-state index in [1.165, 1.54) is 0 Å². The number of hydrogen-bond donors (Lipinski definition) is 1. The maximum Gasteiger partial charge on any atom is 0.130 e. The van der Waals surface area contributed by atoms with Gasteiger partial charge < -0.3 is 5.11 Å². The number of aliphatic hydroxyl groups excluding tert-OH is 1. The van der Waals surface area contributed by atoms with Crippen molar-refractivity contribution >= 4 is 23.2 Å². The standard InChI is InChI=1S/C8H9Cl2NO/c1-5(12)2-6-4-11-8(10)3-7(6)9/h3-5,12H,2H2,1H3/t5-/m0/s1. The van der Waals surface area contributed by atoms with E-state index in [0.29, 0.717) is 16.6 Å². The van der Waals surface area contributed by atoms with Crippen molar-refractivity contribution in [2.75, 3.05) is 0 Å². The molecule has 66 valence electrons. The van der Waals surface area contributed by atoms with Gasteiger partial charge >= 0.3 is 0 Å². The van der Waals surface area contributed by atoms with Crippen LogP contribution in [0.3, 0.4) is 0 Å². The van der Waals surface area contributed by atoms with Crippen molar-refractivity contribution in [3.05, 3.63) is 28.0 Å². The highest BCUT2D eigenvalue weighted by Crippen LogP contribution is 2.19. The van der Waals surface area contributed by atoms with Crippen molar-refractivity contribution in [2.45, 2.75) is 19.4 Å². The van der Waals surface area contributed by atoms with Crippen LogP contribution < -0.4 is 0 Å². The van der Waals surface area contributed by atoms with Crippen LogP contribution in [0.4, 0.5) is 0 Å². The molecule has 1 N–H and O–H groups in total. The minimum absolute atomic E-state index is 0.370. The zero-order chi connectivity index (χ0) is 9.14. The molecule has 1 rings (SSSR count). The third-order valence-corrected chi connectivity index (χ3v) is 1.97. The van der Waals surface area contributed by atoms with Crippen LogP contribution in [0.15, 0.2) is 12.3 Å². The van der Waals surface area contributed by atoms with E-state index in [-0.39, 0.29) is 0 Å². The van der Waals surface area contributed by atoms with Crippen molar-refractivity contribution in [3.8, 4) is 0 Å². The van der Waals surface area contributed by atoms with Crippen LogP contribution in [0.25, 0.3) is 0 Å². The van der Waals surface area contributed by atoms with Crippen LogP contribution in [0.5, 0.6) is 0 Å². The summed E-state index contributed by atoms with van der Waals surface area (Å²) >= 11 is 11.4. The molecule has 0 aromatic carbocycles. The summed E-state index contributed by atoms with van der Waals surface area (Å²) in [7, 11) is 0. The highest BCUT2D eigenvalue weighted by atomic mass is 35.5. The summed E-state index contributed by atoms with van der Waals surface area (Å²) in [6.45, 7) is 1.70. The molecule has 0 fully saturated rings. The van der Waals surface area contributed by atoms with Gasteiger partial charge in [0, 0.05) is 17.6 Å². The normalized spacial score (nSPS) is 13.0. The molecule has 12 heavy (non-hydrogen) atoms. The molecule has 1 aromatic rings. The molecular weight excluding hydrogens is 197 g/mol. The lowest BCUT2D eigenvalue weighted by Crippen LogP contribution is -2.04. The second kappa shape index (κ2) is 4.08. The smallest absolute Gasteiger partial charge is 0.130 e.